The molecule has 0 amide bonds. The lowest BCUT2D eigenvalue weighted by molar-refractivity contribution is 0.0693. The molecular formula is C19H31NO2. The Morgan fingerprint density at radius 3 is 2.55 bits per heavy atom. The molecule has 0 atom stereocenters. The third-order valence-corrected chi connectivity index (χ3v) is 4.78. The first-order valence-corrected chi connectivity index (χ1v) is 8.89. The Hall–Kier alpha value is -1.06. The maximum Gasteiger partial charge on any atom is 0.115 e. The molecule has 3 nitrogen and oxygen atoms in total. The highest BCUT2D eigenvalue weighted by molar-refractivity contribution is 5.27. The van der Waals surface area contributed by atoms with Gasteiger partial charge in [-0.05, 0) is 56.3 Å². The average Bonchev–Trinajstić information content (AvgIpc) is 2.51. The van der Waals surface area contributed by atoms with Crippen LogP contribution in [0, 0.1) is 0 Å². The zero-order valence-electron chi connectivity index (χ0n) is 13.9. The molecule has 22 heavy (non-hydrogen) atoms. The Labute approximate surface area is 135 Å². The van der Waals surface area contributed by atoms with E-state index >= 15 is 0 Å². The van der Waals surface area contributed by atoms with Crippen molar-refractivity contribution in [2.24, 2.45) is 0 Å². The number of phenols is 1. The van der Waals surface area contributed by atoms with Crippen molar-refractivity contribution in [3.05, 3.63) is 29.8 Å². The molecule has 0 aliphatic heterocycles. The molecular weight excluding hydrogens is 274 g/mol. The van der Waals surface area contributed by atoms with Gasteiger partial charge in [0.1, 0.15) is 5.75 Å². The fraction of sp³-hybridized carbons (Fsp3) is 0.684. The van der Waals surface area contributed by atoms with Crippen molar-refractivity contribution in [3.8, 4) is 5.75 Å². The number of rotatable bonds is 8. The van der Waals surface area contributed by atoms with Crippen LogP contribution in [0.5, 0.6) is 5.75 Å². The molecule has 0 bridgehead atoms. The van der Waals surface area contributed by atoms with E-state index in [1.165, 1.54) is 31.2 Å². The number of aliphatic hydroxyl groups excluding tert-OH is 1. The van der Waals surface area contributed by atoms with E-state index in [1.807, 2.05) is 12.1 Å². The van der Waals surface area contributed by atoms with Gasteiger partial charge in [0.25, 0.3) is 0 Å². The topological polar surface area (TPSA) is 43.7 Å². The lowest BCUT2D eigenvalue weighted by Gasteiger charge is -2.36. The molecule has 2 N–H and O–H groups in total. The van der Waals surface area contributed by atoms with E-state index in [9.17, 15) is 10.2 Å². The number of benzene rings is 1. The van der Waals surface area contributed by atoms with Gasteiger partial charge < -0.3 is 10.2 Å². The molecule has 124 valence electrons. The zero-order valence-corrected chi connectivity index (χ0v) is 13.9. The summed E-state index contributed by atoms with van der Waals surface area (Å²) in [5.41, 5.74) is 1.18. The Kier molecular flexibility index (Phi) is 7.20. The lowest BCUT2D eigenvalue weighted by Crippen LogP contribution is -2.39. The number of hydrogen-bond acceptors (Lipinski definition) is 3. The molecule has 1 fully saturated rings. The quantitative estimate of drug-likeness (QED) is 0.711. The van der Waals surface area contributed by atoms with Crippen LogP contribution in [0.4, 0.5) is 0 Å². The van der Waals surface area contributed by atoms with Crippen LogP contribution in [-0.2, 0) is 6.54 Å². The highest BCUT2D eigenvalue weighted by atomic mass is 16.3. The largest absolute Gasteiger partial charge is 0.508 e. The Morgan fingerprint density at radius 2 is 1.86 bits per heavy atom. The minimum absolute atomic E-state index is 0.0982. The first-order chi connectivity index (χ1) is 10.7. The summed E-state index contributed by atoms with van der Waals surface area (Å²) < 4.78 is 0. The molecule has 1 aliphatic carbocycles. The highest BCUT2D eigenvalue weighted by Crippen LogP contribution is 2.25. The molecule has 1 aromatic rings. The lowest BCUT2D eigenvalue weighted by atomic mass is 9.91. The van der Waals surface area contributed by atoms with Gasteiger partial charge in [-0.15, -0.1) is 0 Å². The van der Waals surface area contributed by atoms with E-state index in [2.05, 4.69) is 17.9 Å². The van der Waals surface area contributed by atoms with E-state index in [-0.39, 0.29) is 6.10 Å². The van der Waals surface area contributed by atoms with Gasteiger partial charge >= 0.3 is 0 Å². The molecule has 1 aliphatic rings. The molecule has 1 aromatic carbocycles. The predicted molar refractivity (Wildman–Crippen MR) is 90.9 cm³/mol. The molecule has 2 rings (SSSR count). The zero-order chi connectivity index (χ0) is 15.8. The summed E-state index contributed by atoms with van der Waals surface area (Å²) in [6.07, 6.45) is 9.05. The van der Waals surface area contributed by atoms with E-state index in [1.54, 1.807) is 6.07 Å². The molecule has 0 heterocycles. The van der Waals surface area contributed by atoms with E-state index in [0.29, 0.717) is 11.8 Å². The molecule has 1 saturated carbocycles. The molecule has 0 unspecified atom stereocenters. The van der Waals surface area contributed by atoms with Crippen molar-refractivity contribution >= 4 is 0 Å². The van der Waals surface area contributed by atoms with Crippen molar-refractivity contribution < 1.29 is 10.2 Å². The fourth-order valence-corrected chi connectivity index (χ4v) is 3.45. The highest BCUT2D eigenvalue weighted by Gasteiger charge is 2.24. The normalized spacial score (nSPS) is 22.1. The van der Waals surface area contributed by atoms with Crippen LogP contribution in [0.3, 0.4) is 0 Å². The third kappa shape index (κ3) is 5.62. The van der Waals surface area contributed by atoms with Crippen molar-refractivity contribution in [1.82, 2.24) is 4.90 Å². The van der Waals surface area contributed by atoms with Gasteiger partial charge in [-0.1, -0.05) is 38.3 Å². The number of hydrogen-bond donors (Lipinski definition) is 2. The maximum atomic E-state index is 9.73. The van der Waals surface area contributed by atoms with E-state index < -0.39 is 0 Å². The number of unbranched alkanes of at least 4 members (excludes halogenated alkanes) is 3. The first-order valence-electron chi connectivity index (χ1n) is 8.89. The summed E-state index contributed by atoms with van der Waals surface area (Å²) in [4.78, 5) is 2.57. The number of phenolic OH excluding ortho intramolecular Hbond substituents is 1. The molecule has 0 spiro atoms. The molecule has 0 saturated heterocycles. The Morgan fingerprint density at radius 1 is 1.09 bits per heavy atom. The van der Waals surface area contributed by atoms with Crippen molar-refractivity contribution in [2.45, 2.75) is 77.0 Å². The number of aliphatic hydroxyl groups is 1. The van der Waals surface area contributed by atoms with Crippen molar-refractivity contribution in [1.29, 1.82) is 0 Å². The van der Waals surface area contributed by atoms with Crippen LogP contribution < -0.4 is 0 Å². The minimum Gasteiger partial charge on any atom is -0.508 e. The smallest absolute Gasteiger partial charge is 0.115 e. The second-order valence-electron chi connectivity index (χ2n) is 6.66. The summed E-state index contributed by atoms with van der Waals surface area (Å²) >= 11 is 0. The fourth-order valence-electron chi connectivity index (χ4n) is 3.45. The number of nitrogens with zero attached hydrogens (tertiary/aromatic N) is 1. The standard InChI is InChI=1S/C19H31NO2/c1-2-3-4-5-13-20(17-9-11-18(21)12-10-17)15-16-7-6-8-19(22)14-16/h6-8,14,17-18,21-22H,2-5,9-13,15H2,1H3. The van der Waals surface area contributed by atoms with Gasteiger partial charge in [-0.2, -0.15) is 0 Å². The molecule has 0 radical (unpaired) electrons. The van der Waals surface area contributed by atoms with Crippen LogP contribution in [0.25, 0.3) is 0 Å². The van der Waals surface area contributed by atoms with Gasteiger partial charge in [0.2, 0.25) is 0 Å². The van der Waals surface area contributed by atoms with Crippen molar-refractivity contribution in [2.75, 3.05) is 6.54 Å². The van der Waals surface area contributed by atoms with Crippen LogP contribution in [-0.4, -0.2) is 33.8 Å². The van der Waals surface area contributed by atoms with Gasteiger partial charge in [0.15, 0.2) is 0 Å². The van der Waals surface area contributed by atoms with E-state index in [0.717, 1.165) is 38.8 Å². The van der Waals surface area contributed by atoms with Crippen LogP contribution in [0.1, 0.15) is 63.9 Å². The predicted octanol–water partition coefficient (Wildman–Crippen LogP) is 4.08. The third-order valence-electron chi connectivity index (χ3n) is 4.78. The van der Waals surface area contributed by atoms with Gasteiger partial charge in [0, 0.05) is 12.6 Å². The van der Waals surface area contributed by atoms with Gasteiger partial charge in [-0.25, -0.2) is 0 Å². The summed E-state index contributed by atoms with van der Waals surface area (Å²) in [7, 11) is 0. The summed E-state index contributed by atoms with van der Waals surface area (Å²) in [6.45, 7) is 4.27. The van der Waals surface area contributed by atoms with E-state index in [4.69, 9.17) is 0 Å². The monoisotopic (exact) mass is 305 g/mol. The molecule has 0 aromatic heterocycles. The van der Waals surface area contributed by atoms with Crippen molar-refractivity contribution in [3.63, 3.8) is 0 Å². The SMILES string of the molecule is CCCCCCN(Cc1cccc(O)c1)C1CCC(O)CC1. The minimum atomic E-state index is -0.0982. The first kappa shape index (κ1) is 17.3. The summed E-state index contributed by atoms with van der Waals surface area (Å²) in [6, 6.07) is 8.19. The maximum absolute atomic E-state index is 9.73. The Bertz CT molecular complexity index is 427. The summed E-state index contributed by atoms with van der Waals surface area (Å²) in [5.74, 6) is 0.350. The molecule has 3 heteroatoms. The summed E-state index contributed by atoms with van der Waals surface area (Å²) in [5, 5.41) is 19.4. The second-order valence-corrected chi connectivity index (χ2v) is 6.66. The van der Waals surface area contributed by atoms with Crippen LogP contribution >= 0.6 is 0 Å². The van der Waals surface area contributed by atoms with Crippen LogP contribution in [0.15, 0.2) is 24.3 Å². The van der Waals surface area contributed by atoms with Gasteiger partial charge in [0.05, 0.1) is 6.10 Å². The number of aromatic hydroxyl groups is 1. The van der Waals surface area contributed by atoms with Gasteiger partial charge in [-0.3, -0.25) is 4.90 Å². The second kappa shape index (κ2) is 9.16. The average molecular weight is 305 g/mol. The Balaban J connectivity index is 1.94. The van der Waals surface area contributed by atoms with Crippen LogP contribution in [0.2, 0.25) is 0 Å².